The number of thioether (sulfide) groups is 2. The molecule has 2 fully saturated rings. The highest BCUT2D eigenvalue weighted by atomic mass is 32.2. The van der Waals surface area contributed by atoms with Crippen molar-refractivity contribution in [1.29, 1.82) is 0 Å². The Morgan fingerprint density at radius 3 is 2.15 bits per heavy atom. The molecule has 2 saturated heterocycles. The number of hydrogen-bond acceptors (Lipinski definition) is 4. The third-order valence-electron chi connectivity index (χ3n) is 4.99. The highest BCUT2D eigenvalue weighted by molar-refractivity contribution is 8.02. The summed E-state index contributed by atoms with van der Waals surface area (Å²) in [7, 11) is -2.98. The van der Waals surface area contributed by atoms with Gasteiger partial charge in [-0.25, -0.2) is 8.42 Å². The van der Waals surface area contributed by atoms with Crippen molar-refractivity contribution in [2.24, 2.45) is 11.8 Å². The Balaban J connectivity index is 2.13. The van der Waals surface area contributed by atoms with E-state index >= 15 is 0 Å². The summed E-state index contributed by atoms with van der Waals surface area (Å²) in [6.45, 7) is 10.9. The second-order valence-electron chi connectivity index (χ2n) is 6.56. The Bertz CT molecular complexity index is 434. The van der Waals surface area contributed by atoms with Gasteiger partial charge in [0.1, 0.15) is 0 Å². The summed E-state index contributed by atoms with van der Waals surface area (Å²) in [6.07, 6.45) is 2.04. The first-order valence-electron chi connectivity index (χ1n) is 7.78. The molecule has 2 heterocycles. The molecule has 0 aromatic rings. The minimum atomic E-state index is -2.98. The summed E-state index contributed by atoms with van der Waals surface area (Å²) < 4.78 is 25.9. The molecule has 2 aliphatic heterocycles. The summed E-state index contributed by atoms with van der Waals surface area (Å²) >= 11 is 3.81. The second kappa shape index (κ2) is 6.41. The van der Waals surface area contributed by atoms with Crippen LogP contribution in [0.25, 0.3) is 0 Å². The molecule has 0 aliphatic carbocycles. The van der Waals surface area contributed by atoms with Crippen molar-refractivity contribution >= 4 is 33.4 Å². The van der Waals surface area contributed by atoms with E-state index in [2.05, 4.69) is 34.6 Å². The van der Waals surface area contributed by atoms with Gasteiger partial charge in [0.15, 0.2) is 9.84 Å². The van der Waals surface area contributed by atoms with Crippen molar-refractivity contribution in [2.75, 3.05) is 5.75 Å². The van der Waals surface area contributed by atoms with Gasteiger partial charge >= 0.3 is 0 Å². The van der Waals surface area contributed by atoms with Gasteiger partial charge in [0, 0.05) is 21.0 Å². The van der Waals surface area contributed by atoms with E-state index in [0.717, 1.165) is 12.8 Å². The maximum absolute atomic E-state index is 12.9. The number of rotatable bonds is 4. The monoisotopic (exact) mass is 336 g/mol. The second-order valence-corrected chi connectivity index (χ2v) is 12.3. The third-order valence-corrected chi connectivity index (χ3v) is 10.6. The predicted molar refractivity (Wildman–Crippen MR) is 92.5 cm³/mol. The Morgan fingerprint density at radius 2 is 1.65 bits per heavy atom. The first-order chi connectivity index (χ1) is 9.26. The molecular weight excluding hydrogens is 308 g/mol. The molecule has 0 N–H and O–H groups in total. The topological polar surface area (TPSA) is 34.1 Å². The first-order valence-corrected chi connectivity index (χ1v) is 11.4. The fourth-order valence-corrected chi connectivity index (χ4v) is 10.8. The van der Waals surface area contributed by atoms with Gasteiger partial charge in [0.05, 0.1) is 11.0 Å². The van der Waals surface area contributed by atoms with Gasteiger partial charge in [0.25, 0.3) is 0 Å². The van der Waals surface area contributed by atoms with Gasteiger partial charge in [-0.3, -0.25) is 0 Å². The van der Waals surface area contributed by atoms with Crippen LogP contribution in [0.3, 0.4) is 0 Å². The lowest BCUT2D eigenvalue weighted by Gasteiger charge is -2.25. The summed E-state index contributed by atoms with van der Waals surface area (Å²) in [4.78, 5) is 0. The van der Waals surface area contributed by atoms with E-state index in [4.69, 9.17) is 0 Å². The molecule has 5 heteroatoms. The first kappa shape index (κ1) is 17.0. The fraction of sp³-hybridized carbons (Fsp3) is 1.00. The van der Waals surface area contributed by atoms with Crippen LogP contribution in [0.5, 0.6) is 0 Å². The van der Waals surface area contributed by atoms with Crippen LogP contribution in [0.4, 0.5) is 0 Å². The average Bonchev–Trinajstić information content (AvgIpc) is 2.78. The van der Waals surface area contributed by atoms with Crippen LogP contribution in [-0.2, 0) is 9.84 Å². The van der Waals surface area contributed by atoms with Gasteiger partial charge in [-0.2, -0.15) is 23.5 Å². The summed E-state index contributed by atoms with van der Waals surface area (Å²) in [5.74, 6) is 1.09. The summed E-state index contributed by atoms with van der Waals surface area (Å²) in [5, 5.41) is 1.70. The number of hydrogen-bond donors (Lipinski definition) is 0. The summed E-state index contributed by atoms with van der Waals surface area (Å²) in [6, 6.07) is 0. The standard InChI is InChI=1S/C15H28O2S3/c1-6-14-11(4)19-12(5)15(14)20(16,17)8-13-7-9(2)18-10(13)3/h9-15H,6-8H2,1-5H3. The fourth-order valence-electron chi connectivity index (χ4n) is 4.02. The number of sulfone groups is 1. The van der Waals surface area contributed by atoms with Crippen LogP contribution in [-0.4, -0.2) is 40.4 Å². The maximum Gasteiger partial charge on any atom is 0.154 e. The van der Waals surface area contributed by atoms with Gasteiger partial charge in [0.2, 0.25) is 0 Å². The molecule has 0 spiro atoms. The Kier molecular flexibility index (Phi) is 5.45. The molecule has 0 amide bonds. The van der Waals surface area contributed by atoms with E-state index < -0.39 is 9.84 Å². The van der Waals surface area contributed by atoms with Crippen molar-refractivity contribution in [3.63, 3.8) is 0 Å². The van der Waals surface area contributed by atoms with E-state index in [1.807, 2.05) is 23.5 Å². The average molecular weight is 337 g/mol. The van der Waals surface area contributed by atoms with E-state index in [1.54, 1.807) is 0 Å². The summed E-state index contributed by atoms with van der Waals surface area (Å²) in [5.41, 5.74) is 0. The zero-order valence-electron chi connectivity index (χ0n) is 13.2. The minimum absolute atomic E-state index is 0.124. The van der Waals surface area contributed by atoms with Crippen LogP contribution in [0.1, 0.15) is 47.5 Å². The molecule has 2 aliphatic rings. The zero-order chi connectivity index (χ0) is 15.1. The highest BCUT2D eigenvalue weighted by Crippen LogP contribution is 2.45. The molecule has 20 heavy (non-hydrogen) atoms. The van der Waals surface area contributed by atoms with Gasteiger partial charge in [-0.05, 0) is 18.3 Å². The molecule has 0 aromatic heterocycles. The van der Waals surface area contributed by atoms with Crippen LogP contribution in [0.2, 0.25) is 0 Å². The highest BCUT2D eigenvalue weighted by Gasteiger charge is 2.47. The molecule has 7 atom stereocenters. The lowest BCUT2D eigenvalue weighted by molar-refractivity contribution is 0.465. The molecule has 118 valence electrons. The predicted octanol–water partition coefficient (Wildman–Crippen LogP) is 3.85. The van der Waals surface area contributed by atoms with Crippen molar-refractivity contribution < 1.29 is 8.42 Å². The largest absolute Gasteiger partial charge is 0.228 e. The zero-order valence-corrected chi connectivity index (χ0v) is 15.7. The van der Waals surface area contributed by atoms with Gasteiger partial charge < -0.3 is 0 Å². The molecule has 2 rings (SSSR count). The third kappa shape index (κ3) is 3.35. The van der Waals surface area contributed by atoms with Crippen LogP contribution in [0.15, 0.2) is 0 Å². The Labute approximate surface area is 133 Å². The SMILES string of the molecule is CCC1C(C)SC(C)C1S(=O)(=O)CC1CC(C)SC1C. The van der Waals surface area contributed by atoms with Gasteiger partial charge in [-0.15, -0.1) is 0 Å². The molecule has 0 radical (unpaired) electrons. The van der Waals surface area contributed by atoms with E-state index in [-0.39, 0.29) is 10.5 Å². The molecule has 7 unspecified atom stereocenters. The Morgan fingerprint density at radius 1 is 1.00 bits per heavy atom. The lowest BCUT2D eigenvalue weighted by Crippen LogP contribution is -2.38. The van der Waals surface area contributed by atoms with Crippen molar-refractivity contribution in [3.8, 4) is 0 Å². The normalized spacial score (nSPS) is 46.0. The smallest absolute Gasteiger partial charge is 0.154 e. The van der Waals surface area contributed by atoms with E-state index in [9.17, 15) is 8.42 Å². The van der Waals surface area contributed by atoms with E-state index in [1.165, 1.54) is 0 Å². The van der Waals surface area contributed by atoms with Gasteiger partial charge in [-0.1, -0.05) is 41.0 Å². The van der Waals surface area contributed by atoms with E-state index in [0.29, 0.717) is 33.3 Å². The molecule has 0 bridgehead atoms. The van der Waals surface area contributed by atoms with Crippen molar-refractivity contribution in [2.45, 2.75) is 73.7 Å². The van der Waals surface area contributed by atoms with Crippen LogP contribution < -0.4 is 0 Å². The molecular formula is C15H28O2S3. The van der Waals surface area contributed by atoms with Crippen LogP contribution >= 0.6 is 23.5 Å². The van der Waals surface area contributed by atoms with Crippen LogP contribution in [0, 0.1) is 11.8 Å². The molecule has 0 aromatic carbocycles. The molecule has 2 nitrogen and oxygen atoms in total. The molecule has 0 saturated carbocycles. The Hall–Kier alpha value is 0.650. The maximum atomic E-state index is 12.9. The quantitative estimate of drug-likeness (QED) is 0.781. The minimum Gasteiger partial charge on any atom is -0.228 e. The van der Waals surface area contributed by atoms with Crippen molar-refractivity contribution in [3.05, 3.63) is 0 Å². The van der Waals surface area contributed by atoms with Crippen molar-refractivity contribution in [1.82, 2.24) is 0 Å². The lowest BCUT2D eigenvalue weighted by atomic mass is 9.97.